The van der Waals surface area contributed by atoms with Gasteiger partial charge in [-0.1, -0.05) is 5.16 Å². The van der Waals surface area contributed by atoms with Crippen LogP contribution < -0.4 is 14.8 Å². The third-order valence-corrected chi connectivity index (χ3v) is 4.11. The molecule has 1 aromatic heterocycles. The first kappa shape index (κ1) is 20.3. The SMILES string of the molecule is CCOc1cc(-c2noc(CCCC(=O)Nc3ccc(F)cc3)n2)ccc1OC. The van der Waals surface area contributed by atoms with E-state index in [1.165, 1.54) is 24.3 Å². The number of rotatable bonds is 9. The third-order valence-electron chi connectivity index (χ3n) is 4.11. The summed E-state index contributed by atoms with van der Waals surface area (Å²) in [6, 6.07) is 11.0. The van der Waals surface area contributed by atoms with Crippen LogP contribution in [0.1, 0.15) is 25.7 Å². The van der Waals surface area contributed by atoms with E-state index in [0.717, 1.165) is 5.56 Å². The van der Waals surface area contributed by atoms with Crippen molar-refractivity contribution in [1.29, 1.82) is 0 Å². The topological polar surface area (TPSA) is 86.5 Å². The quantitative estimate of drug-likeness (QED) is 0.579. The molecule has 8 heteroatoms. The number of hydrogen-bond acceptors (Lipinski definition) is 6. The van der Waals surface area contributed by atoms with Gasteiger partial charge in [-0.2, -0.15) is 4.98 Å². The molecule has 0 saturated carbocycles. The van der Waals surface area contributed by atoms with Gasteiger partial charge in [-0.25, -0.2) is 4.39 Å². The summed E-state index contributed by atoms with van der Waals surface area (Å²) in [7, 11) is 1.58. The average molecular weight is 399 g/mol. The highest BCUT2D eigenvalue weighted by Gasteiger charge is 2.13. The molecule has 1 amide bonds. The lowest BCUT2D eigenvalue weighted by Crippen LogP contribution is -2.11. The number of ether oxygens (including phenoxy) is 2. The number of halogens is 1. The molecule has 0 fully saturated rings. The second kappa shape index (κ2) is 9.68. The van der Waals surface area contributed by atoms with Crippen molar-refractivity contribution in [3.63, 3.8) is 0 Å². The first-order valence-corrected chi connectivity index (χ1v) is 9.28. The summed E-state index contributed by atoms with van der Waals surface area (Å²) in [6.45, 7) is 2.40. The number of aromatic nitrogens is 2. The Hall–Kier alpha value is -3.42. The zero-order chi connectivity index (χ0) is 20.6. The molecule has 0 aliphatic carbocycles. The van der Waals surface area contributed by atoms with Gasteiger partial charge in [-0.05, 0) is 55.8 Å². The minimum atomic E-state index is -0.347. The Bertz CT molecular complexity index is 957. The number of carbonyl (C=O) groups is 1. The van der Waals surface area contributed by atoms with Gasteiger partial charge in [0, 0.05) is 24.1 Å². The Balaban J connectivity index is 1.54. The number of carbonyl (C=O) groups excluding carboxylic acids is 1. The summed E-state index contributed by atoms with van der Waals surface area (Å²) >= 11 is 0. The molecule has 7 nitrogen and oxygen atoms in total. The third kappa shape index (κ3) is 5.54. The second-order valence-corrected chi connectivity index (χ2v) is 6.22. The number of methoxy groups -OCH3 is 1. The Morgan fingerprint density at radius 1 is 1.17 bits per heavy atom. The minimum Gasteiger partial charge on any atom is -0.493 e. The van der Waals surface area contributed by atoms with Crippen LogP contribution in [0.15, 0.2) is 47.0 Å². The average Bonchev–Trinajstić information content (AvgIpc) is 3.19. The summed E-state index contributed by atoms with van der Waals surface area (Å²) in [6.07, 6.45) is 1.30. The Morgan fingerprint density at radius 3 is 2.69 bits per heavy atom. The van der Waals surface area contributed by atoms with Gasteiger partial charge in [-0.3, -0.25) is 4.79 Å². The van der Waals surface area contributed by atoms with Crippen molar-refractivity contribution < 1.29 is 23.2 Å². The normalized spacial score (nSPS) is 10.6. The molecular formula is C21H22FN3O4. The van der Waals surface area contributed by atoms with Gasteiger partial charge < -0.3 is 19.3 Å². The monoisotopic (exact) mass is 399 g/mol. The first-order valence-electron chi connectivity index (χ1n) is 9.28. The van der Waals surface area contributed by atoms with Crippen molar-refractivity contribution in [1.82, 2.24) is 10.1 Å². The molecule has 1 N–H and O–H groups in total. The molecule has 152 valence electrons. The second-order valence-electron chi connectivity index (χ2n) is 6.22. The van der Waals surface area contributed by atoms with Gasteiger partial charge >= 0.3 is 0 Å². The van der Waals surface area contributed by atoms with Gasteiger partial charge in [-0.15, -0.1) is 0 Å². The highest BCUT2D eigenvalue weighted by molar-refractivity contribution is 5.90. The van der Waals surface area contributed by atoms with E-state index in [1.807, 2.05) is 13.0 Å². The molecule has 29 heavy (non-hydrogen) atoms. The Labute approximate surface area is 167 Å². The van der Waals surface area contributed by atoms with Crippen molar-refractivity contribution in [3.05, 3.63) is 54.2 Å². The minimum absolute atomic E-state index is 0.159. The van der Waals surface area contributed by atoms with Crippen LogP contribution in [-0.2, 0) is 11.2 Å². The number of aryl methyl sites for hydroxylation is 1. The van der Waals surface area contributed by atoms with E-state index in [-0.39, 0.29) is 18.1 Å². The molecule has 0 bridgehead atoms. The standard InChI is InChI=1S/C21H22FN3O4/c1-3-28-18-13-14(7-12-17(18)27-2)21-24-20(29-25-21)6-4-5-19(26)23-16-10-8-15(22)9-11-16/h7-13H,3-6H2,1-2H3,(H,23,26). The van der Waals surface area contributed by atoms with E-state index < -0.39 is 0 Å². The Morgan fingerprint density at radius 2 is 1.97 bits per heavy atom. The van der Waals surface area contributed by atoms with Gasteiger partial charge in [0.2, 0.25) is 17.6 Å². The van der Waals surface area contributed by atoms with Crippen LogP contribution in [-0.4, -0.2) is 29.8 Å². The van der Waals surface area contributed by atoms with E-state index in [4.69, 9.17) is 14.0 Å². The summed E-state index contributed by atoms with van der Waals surface area (Å²) in [5, 5.41) is 6.72. The van der Waals surface area contributed by atoms with E-state index in [1.54, 1.807) is 19.2 Å². The van der Waals surface area contributed by atoms with E-state index in [2.05, 4.69) is 15.5 Å². The molecule has 3 rings (SSSR count). The van der Waals surface area contributed by atoms with Crippen molar-refractivity contribution >= 4 is 11.6 Å². The summed E-state index contributed by atoms with van der Waals surface area (Å²) in [5.74, 6) is 1.62. The number of anilines is 1. The maximum absolute atomic E-state index is 12.9. The van der Waals surface area contributed by atoms with Crippen molar-refractivity contribution in [2.24, 2.45) is 0 Å². The van der Waals surface area contributed by atoms with Crippen molar-refractivity contribution in [2.45, 2.75) is 26.2 Å². The number of benzene rings is 2. The molecule has 0 saturated heterocycles. The first-order chi connectivity index (χ1) is 14.1. The number of amides is 1. The molecule has 0 aliphatic heterocycles. The van der Waals surface area contributed by atoms with Crippen LogP contribution in [0.3, 0.4) is 0 Å². The maximum Gasteiger partial charge on any atom is 0.226 e. The summed E-state index contributed by atoms with van der Waals surface area (Å²) in [5.41, 5.74) is 1.30. The van der Waals surface area contributed by atoms with Gasteiger partial charge in [0.15, 0.2) is 11.5 Å². The van der Waals surface area contributed by atoms with Crippen LogP contribution in [0, 0.1) is 5.82 Å². The predicted molar refractivity (Wildman–Crippen MR) is 105 cm³/mol. The van der Waals surface area contributed by atoms with Crippen LogP contribution in [0.4, 0.5) is 10.1 Å². The molecule has 2 aromatic carbocycles. The Kier molecular flexibility index (Phi) is 6.78. The smallest absolute Gasteiger partial charge is 0.226 e. The number of nitrogens with zero attached hydrogens (tertiary/aromatic N) is 2. The van der Waals surface area contributed by atoms with Gasteiger partial charge in [0.1, 0.15) is 5.82 Å². The summed E-state index contributed by atoms with van der Waals surface area (Å²) < 4.78 is 29.0. The van der Waals surface area contributed by atoms with Gasteiger partial charge in [0.05, 0.1) is 13.7 Å². The van der Waals surface area contributed by atoms with Crippen LogP contribution in [0.2, 0.25) is 0 Å². The van der Waals surface area contributed by atoms with Crippen LogP contribution in [0.5, 0.6) is 11.5 Å². The lowest BCUT2D eigenvalue weighted by Gasteiger charge is -2.09. The van der Waals surface area contributed by atoms with Crippen LogP contribution >= 0.6 is 0 Å². The van der Waals surface area contributed by atoms with Crippen molar-refractivity contribution in [2.75, 3.05) is 19.0 Å². The van der Waals surface area contributed by atoms with E-state index >= 15 is 0 Å². The van der Waals surface area contributed by atoms with Crippen LogP contribution in [0.25, 0.3) is 11.4 Å². The molecule has 0 radical (unpaired) electrons. The van der Waals surface area contributed by atoms with E-state index in [0.29, 0.717) is 48.4 Å². The fourth-order valence-electron chi connectivity index (χ4n) is 2.71. The molecule has 0 spiro atoms. The largest absolute Gasteiger partial charge is 0.493 e. The number of nitrogens with one attached hydrogen (secondary N) is 1. The number of hydrogen-bond donors (Lipinski definition) is 1. The summed E-state index contributed by atoms with van der Waals surface area (Å²) in [4.78, 5) is 16.4. The predicted octanol–water partition coefficient (Wildman–Crippen LogP) is 4.24. The molecule has 3 aromatic rings. The fourth-order valence-corrected chi connectivity index (χ4v) is 2.71. The highest BCUT2D eigenvalue weighted by Crippen LogP contribution is 2.31. The fraction of sp³-hybridized carbons (Fsp3) is 0.286. The lowest BCUT2D eigenvalue weighted by atomic mass is 10.2. The zero-order valence-electron chi connectivity index (χ0n) is 16.3. The maximum atomic E-state index is 12.9. The van der Waals surface area contributed by atoms with Gasteiger partial charge in [0.25, 0.3) is 0 Å². The zero-order valence-corrected chi connectivity index (χ0v) is 16.3. The molecule has 0 aliphatic rings. The molecule has 0 unspecified atom stereocenters. The molecule has 0 atom stereocenters. The molecular weight excluding hydrogens is 377 g/mol. The molecule has 1 heterocycles. The van der Waals surface area contributed by atoms with Crippen molar-refractivity contribution in [3.8, 4) is 22.9 Å². The highest BCUT2D eigenvalue weighted by atomic mass is 19.1. The van der Waals surface area contributed by atoms with E-state index in [9.17, 15) is 9.18 Å². The lowest BCUT2D eigenvalue weighted by molar-refractivity contribution is -0.116.